The topological polar surface area (TPSA) is 99.3 Å². The average molecular weight is 346 g/mol. The monoisotopic (exact) mass is 346 g/mol. The highest BCUT2D eigenvalue weighted by Crippen LogP contribution is 2.17. The molecule has 0 spiro atoms. The molecule has 7 heteroatoms. The van der Waals surface area contributed by atoms with Crippen LogP contribution in [-0.2, 0) is 4.79 Å². The van der Waals surface area contributed by atoms with Gasteiger partial charge in [0.2, 0.25) is 5.91 Å². The smallest absolute Gasteiger partial charge is 0.315 e. The zero-order valence-corrected chi connectivity index (χ0v) is 14.6. The number of benzene rings is 1. The Bertz CT molecular complexity index is 612. The van der Waals surface area contributed by atoms with Crippen molar-refractivity contribution in [1.29, 1.82) is 0 Å². The van der Waals surface area contributed by atoms with Gasteiger partial charge in [0.05, 0.1) is 0 Å². The predicted molar refractivity (Wildman–Crippen MR) is 96.5 cm³/mol. The van der Waals surface area contributed by atoms with Gasteiger partial charge >= 0.3 is 6.03 Å². The van der Waals surface area contributed by atoms with Crippen LogP contribution in [0.1, 0.15) is 48.9 Å². The van der Waals surface area contributed by atoms with Gasteiger partial charge < -0.3 is 21.3 Å². The lowest BCUT2D eigenvalue weighted by Gasteiger charge is -2.22. The third-order valence-electron chi connectivity index (χ3n) is 4.21. The highest BCUT2D eigenvalue weighted by molar-refractivity contribution is 5.97. The highest BCUT2D eigenvalue weighted by Gasteiger charge is 2.15. The molecule has 0 radical (unpaired) electrons. The SMILES string of the molecule is CNC(=O)c1cccc(NC(=O)CCNC(=O)NC2CCCCC2)c1. The van der Waals surface area contributed by atoms with Crippen LogP contribution in [0, 0.1) is 0 Å². The standard InChI is InChI=1S/C18H26N4O3/c1-19-17(24)13-6-5-9-15(12-13)21-16(23)10-11-20-18(25)22-14-7-3-2-4-8-14/h5-6,9,12,14H,2-4,7-8,10-11H2,1H3,(H,19,24)(H,21,23)(H2,20,22,25). The summed E-state index contributed by atoms with van der Waals surface area (Å²) < 4.78 is 0. The van der Waals surface area contributed by atoms with E-state index in [0.29, 0.717) is 11.3 Å². The van der Waals surface area contributed by atoms with Crippen molar-refractivity contribution >= 4 is 23.5 Å². The molecule has 0 bridgehead atoms. The summed E-state index contributed by atoms with van der Waals surface area (Å²) >= 11 is 0. The minimum Gasteiger partial charge on any atom is -0.355 e. The highest BCUT2D eigenvalue weighted by atomic mass is 16.2. The summed E-state index contributed by atoms with van der Waals surface area (Å²) in [7, 11) is 1.55. The molecule has 4 N–H and O–H groups in total. The largest absolute Gasteiger partial charge is 0.355 e. The molecule has 4 amide bonds. The van der Waals surface area contributed by atoms with Gasteiger partial charge in [-0.25, -0.2) is 4.79 Å². The van der Waals surface area contributed by atoms with Crippen LogP contribution in [-0.4, -0.2) is 37.5 Å². The Morgan fingerprint density at radius 3 is 2.60 bits per heavy atom. The van der Waals surface area contributed by atoms with Crippen LogP contribution in [0.5, 0.6) is 0 Å². The van der Waals surface area contributed by atoms with Crippen LogP contribution in [0.25, 0.3) is 0 Å². The molecule has 2 rings (SSSR count). The summed E-state index contributed by atoms with van der Waals surface area (Å²) in [6.07, 6.45) is 5.76. The van der Waals surface area contributed by atoms with E-state index in [9.17, 15) is 14.4 Å². The Labute approximate surface area is 147 Å². The van der Waals surface area contributed by atoms with Crippen molar-refractivity contribution in [3.05, 3.63) is 29.8 Å². The zero-order valence-electron chi connectivity index (χ0n) is 14.6. The quantitative estimate of drug-likeness (QED) is 0.634. The Morgan fingerprint density at radius 2 is 1.88 bits per heavy atom. The van der Waals surface area contributed by atoms with Crippen LogP contribution in [0.15, 0.2) is 24.3 Å². The van der Waals surface area contributed by atoms with Gasteiger partial charge in [0, 0.05) is 37.3 Å². The van der Waals surface area contributed by atoms with Gasteiger partial charge in [0.15, 0.2) is 0 Å². The fourth-order valence-electron chi connectivity index (χ4n) is 2.88. The maximum absolute atomic E-state index is 12.0. The summed E-state index contributed by atoms with van der Waals surface area (Å²) in [5, 5.41) is 10.9. The van der Waals surface area contributed by atoms with E-state index in [-0.39, 0.29) is 36.9 Å². The molecule has 1 fully saturated rings. The summed E-state index contributed by atoms with van der Waals surface area (Å²) in [6, 6.07) is 6.73. The van der Waals surface area contributed by atoms with Gasteiger partial charge in [-0.3, -0.25) is 9.59 Å². The average Bonchev–Trinajstić information content (AvgIpc) is 2.62. The fraction of sp³-hybridized carbons (Fsp3) is 0.500. The summed E-state index contributed by atoms with van der Waals surface area (Å²) in [4.78, 5) is 35.3. The number of carbonyl (C=O) groups is 3. The molecule has 1 aromatic rings. The molecule has 1 saturated carbocycles. The van der Waals surface area contributed by atoms with E-state index in [1.54, 1.807) is 31.3 Å². The molecular weight excluding hydrogens is 320 g/mol. The minimum atomic E-state index is -0.221. The third kappa shape index (κ3) is 6.45. The number of amides is 4. The van der Waals surface area contributed by atoms with Gasteiger partial charge in [-0.2, -0.15) is 0 Å². The molecule has 7 nitrogen and oxygen atoms in total. The van der Waals surface area contributed by atoms with E-state index < -0.39 is 0 Å². The molecule has 1 aromatic carbocycles. The number of hydrogen-bond acceptors (Lipinski definition) is 3. The fourth-order valence-corrected chi connectivity index (χ4v) is 2.88. The van der Waals surface area contributed by atoms with E-state index >= 15 is 0 Å². The molecule has 1 aliphatic carbocycles. The van der Waals surface area contributed by atoms with Crippen molar-refractivity contribution < 1.29 is 14.4 Å². The first-order valence-corrected chi connectivity index (χ1v) is 8.75. The zero-order chi connectivity index (χ0) is 18.1. The molecule has 0 aromatic heterocycles. The maximum Gasteiger partial charge on any atom is 0.315 e. The lowest BCUT2D eigenvalue weighted by atomic mass is 9.96. The second-order valence-corrected chi connectivity index (χ2v) is 6.19. The Hall–Kier alpha value is -2.57. The summed E-state index contributed by atoms with van der Waals surface area (Å²) in [6.45, 7) is 0.263. The predicted octanol–water partition coefficient (Wildman–Crippen LogP) is 2.01. The molecule has 0 atom stereocenters. The molecule has 0 saturated heterocycles. The van der Waals surface area contributed by atoms with E-state index in [1.807, 2.05) is 0 Å². The lowest BCUT2D eigenvalue weighted by Crippen LogP contribution is -2.43. The Morgan fingerprint density at radius 1 is 1.12 bits per heavy atom. The Balaban J connectivity index is 1.70. The van der Waals surface area contributed by atoms with Crippen LogP contribution in [0.2, 0.25) is 0 Å². The van der Waals surface area contributed by atoms with Crippen LogP contribution < -0.4 is 21.3 Å². The number of nitrogens with one attached hydrogen (secondary N) is 4. The second-order valence-electron chi connectivity index (χ2n) is 6.19. The van der Waals surface area contributed by atoms with Gasteiger partial charge in [-0.1, -0.05) is 25.3 Å². The molecule has 136 valence electrons. The summed E-state index contributed by atoms with van der Waals surface area (Å²) in [5.74, 6) is -0.427. The number of anilines is 1. The number of rotatable bonds is 6. The van der Waals surface area contributed by atoms with E-state index in [0.717, 1.165) is 25.7 Å². The minimum absolute atomic E-state index is 0.169. The van der Waals surface area contributed by atoms with E-state index in [1.165, 1.54) is 6.42 Å². The van der Waals surface area contributed by atoms with Crippen molar-refractivity contribution in [1.82, 2.24) is 16.0 Å². The Kier molecular flexibility index (Phi) is 7.25. The molecule has 0 heterocycles. The van der Waals surface area contributed by atoms with E-state index in [4.69, 9.17) is 0 Å². The first kappa shape index (κ1) is 18.8. The molecule has 25 heavy (non-hydrogen) atoms. The second kappa shape index (κ2) is 9.66. The van der Waals surface area contributed by atoms with E-state index in [2.05, 4.69) is 21.3 Å². The van der Waals surface area contributed by atoms with Crippen molar-refractivity contribution in [2.75, 3.05) is 18.9 Å². The number of hydrogen-bond donors (Lipinski definition) is 4. The van der Waals surface area contributed by atoms with Gasteiger partial charge in [0.25, 0.3) is 5.91 Å². The molecule has 0 aliphatic heterocycles. The van der Waals surface area contributed by atoms with Gasteiger partial charge in [-0.15, -0.1) is 0 Å². The molecule has 0 unspecified atom stereocenters. The van der Waals surface area contributed by atoms with Crippen LogP contribution >= 0.6 is 0 Å². The lowest BCUT2D eigenvalue weighted by molar-refractivity contribution is -0.116. The van der Waals surface area contributed by atoms with Crippen molar-refractivity contribution in [3.63, 3.8) is 0 Å². The first-order valence-electron chi connectivity index (χ1n) is 8.75. The van der Waals surface area contributed by atoms with Gasteiger partial charge in [0.1, 0.15) is 0 Å². The molecular formula is C18H26N4O3. The van der Waals surface area contributed by atoms with Crippen LogP contribution in [0.3, 0.4) is 0 Å². The van der Waals surface area contributed by atoms with Crippen molar-refractivity contribution in [2.45, 2.75) is 44.6 Å². The summed E-state index contributed by atoms with van der Waals surface area (Å²) in [5.41, 5.74) is 1.03. The van der Waals surface area contributed by atoms with Crippen molar-refractivity contribution in [2.24, 2.45) is 0 Å². The number of carbonyl (C=O) groups excluding carboxylic acids is 3. The third-order valence-corrected chi connectivity index (χ3v) is 4.21. The normalized spacial score (nSPS) is 14.4. The van der Waals surface area contributed by atoms with Crippen LogP contribution in [0.4, 0.5) is 10.5 Å². The van der Waals surface area contributed by atoms with Gasteiger partial charge in [-0.05, 0) is 31.0 Å². The molecule has 1 aliphatic rings. The van der Waals surface area contributed by atoms with Crippen molar-refractivity contribution in [3.8, 4) is 0 Å². The first-order chi connectivity index (χ1) is 12.1. The maximum atomic E-state index is 12.0. The number of urea groups is 1.